The van der Waals surface area contributed by atoms with Gasteiger partial charge in [0.2, 0.25) is 0 Å². The summed E-state index contributed by atoms with van der Waals surface area (Å²) in [6.07, 6.45) is 0.442. The highest BCUT2D eigenvalue weighted by atomic mass is 16.6. The Bertz CT molecular complexity index is 560. The van der Waals surface area contributed by atoms with Crippen LogP contribution in [0.15, 0.2) is 18.9 Å². The normalized spacial score (nSPS) is 32.2. The molecule has 0 amide bonds. The maximum atomic E-state index is 9.91. The Labute approximate surface area is 102 Å². The summed E-state index contributed by atoms with van der Waals surface area (Å²) in [6, 6.07) is 0. The summed E-state index contributed by atoms with van der Waals surface area (Å²) < 4.78 is 6.91. The Balaban J connectivity index is 2.00. The van der Waals surface area contributed by atoms with E-state index in [0.29, 0.717) is 11.2 Å². The van der Waals surface area contributed by atoms with E-state index in [1.165, 1.54) is 17.2 Å². The monoisotopic (exact) mass is 252 g/mol. The first-order chi connectivity index (χ1) is 8.72. The van der Waals surface area contributed by atoms with E-state index in [9.17, 15) is 10.2 Å². The molecule has 8 heteroatoms. The molecule has 1 saturated heterocycles. The topological polar surface area (TPSA) is 114 Å². The number of ether oxygens (including phenoxy) is 1. The molecule has 3 heterocycles. The summed E-state index contributed by atoms with van der Waals surface area (Å²) in [5.41, 5.74) is 1.06. The van der Waals surface area contributed by atoms with Gasteiger partial charge in [-0.1, -0.05) is 0 Å². The summed E-state index contributed by atoms with van der Waals surface area (Å²) in [6.45, 7) is -0.365. The molecule has 0 saturated carbocycles. The smallest absolute Gasteiger partial charge is 0.165 e. The second kappa shape index (κ2) is 4.25. The maximum Gasteiger partial charge on any atom is 0.165 e. The van der Waals surface area contributed by atoms with Crippen LogP contribution in [0, 0.1) is 0 Å². The second-order valence-electron chi connectivity index (χ2n) is 4.11. The molecule has 0 bridgehead atoms. The van der Waals surface area contributed by atoms with Crippen LogP contribution in [-0.2, 0) is 4.74 Å². The molecule has 0 aromatic carbocycles. The lowest BCUT2D eigenvalue weighted by atomic mass is 10.1. The molecule has 3 N–H and O–H groups in total. The average molecular weight is 252 g/mol. The third-order valence-electron chi connectivity index (χ3n) is 3.03. The largest absolute Gasteiger partial charge is 0.394 e. The third-order valence-corrected chi connectivity index (χ3v) is 3.03. The van der Waals surface area contributed by atoms with Crippen molar-refractivity contribution in [2.75, 3.05) is 6.61 Å². The van der Waals surface area contributed by atoms with Crippen molar-refractivity contribution >= 4 is 11.2 Å². The Morgan fingerprint density at radius 1 is 1.28 bits per heavy atom. The van der Waals surface area contributed by atoms with Gasteiger partial charge in [-0.15, -0.1) is 0 Å². The van der Waals surface area contributed by atoms with E-state index in [1.54, 1.807) is 6.20 Å². The van der Waals surface area contributed by atoms with Gasteiger partial charge in [0.1, 0.15) is 30.2 Å². The van der Waals surface area contributed by atoms with Gasteiger partial charge in [0.25, 0.3) is 0 Å². The fourth-order valence-electron chi connectivity index (χ4n) is 2.08. The SMILES string of the molecule is OC[C@H]1O[C@@H](n2cnc3cncnc32)[C@@H](O)[C@H]1O. The Kier molecular flexibility index (Phi) is 2.71. The fourth-order valence-corrected chi connectivity index (χ4v) is 2.08. The maximum absolute atomic E-state index is 9.91. The number of aromatic nitrogens is 4. The second-order valence-corrected chi connectivity index (χ2v) is 4.11. The zero-order chi connectivity index (χ0) is 12.7. The highest BCUT2D eigenvalue weighted by molar-refractivity contribution is 5.68. The summed E-state index contributed by atoms with van der Waals surface area (Å²) in [7, 11) is 0. The van der Waals surface area contributed by atoms with Crippen molar-refractivity contribution in [2.45, 2.75) is 24.5 Å². The standard InChI is InChI=1S/C10H12N4O4/c15-2-6-7(16)8(17)10(18-6)14-4-13-5-1-11-3-12-9(5)14/h1,3-4,6-8,10,15-17H,2H2/t6-,7+,8+,10-/m1/s1. The van der Waals surface area contributed by atoms with Crippen LogP contribution in [0.2, 0.25) is 0 Å². The van der Waals surface area contributed by atoms with Gasteiger partial charge in [0.15, 0.2) is 11.9 Å². The predicted molar refractivity (Wildman–Crippen MR) is 58.3 cm³/mol. The van der Waals surface area contributed by atoms with Gasteiger partial charge in [-0.3, -0.25) is 4.57 Å². The first kappa shape index (κ1) is 11.5. The molecule has 0 unspecified atom stereocenters. The van der Waals surface area contributed by atoms with E-state index >= 15 is 0 Å². The number of aliphatic hydroxyl groups excluding tert-OH is 3. The van der Waals surface area contributed by atoms with E-state index in [4.69, 9.17) is 9.84 Å². The molecule has 1 fully saturated rings. The van der Waals surface area contributed by atoms with Crippen LogP contribution in [0.25, 0.3) is 11.2 Å². The van der Waals surface area contributed by atoms with Crippen molar-refractivity contribution in [2.24, 2.45) is 0 Å². The molecule has 2 aromatic rings. The van der Waals surface area contributed by atoms with Crippen LogP contribution in [0.1, 0.15) is 6.23 Å². The van der Waals surface area contributed by atoms with Crippen molar-refractivity contribution in [3.63, 3.8) is 0 Å². The van der Waals surface area contributed by atoms with Gasteiger partial charge in [-0.2, -0.15) is 0 Å². The molecule has 0 aliphatic carbocycles. The molecule has 3 rings (SSSR count). The first-order valence-corrected chi connectivity index (χ1v) is 5.47. The minimum Gasteiger partial charge on any atom is -0.394 e. The molecule has 1 aliphatic rings. The Morgan fingerprint density at radius 2 is 2.11 bits per heavy atom. The lowest BCUT2D eigenvalue weighted by Gasteiger charge is -2.16. The predicted octanol–water partition coefficient (Wildman–Crippen LogP) is -1.56. The highest BCUT2D eigenvalue weighted by Crippen LogP contribution is 2.30. The number of nitrogens with zero attached hydrogens (tertiary/aromatic N) is 4. The van der Waals surface area contributed by atoms with Crippen LogP contribution < -0.4 is 0 Å². The molecular weight excluding hydrogens is 240 g/mol. The molecular formula is C10H12N4O4. The molecule has 0 spiro atoms. The van der Waals surface area contributed by atoms with Crippen LogP contribution in [0.3, 0.4) is 0 Å². The van der Waals surface area contributed by atoms with E-state index in [0.717, 1.165) is 0 Å². The fraction of sp³-hybridized carbons (Fsp3) is 0.500. The van der Waals surface area contributed by atoms with Crippen molar-refractivity contribution < 1.29 is 20.1 Å². The summed E-state index contributed by atoms with van der Waals surface area (Å²) in [5, 5.41) is 28.6. The van der Waals surface area contributed by atoms with E-state index in [-0.39, 0.29) is 6.61 Å². The van der Waals surface area contributed by atoms with Crippen molar-refractivity contribution in [3.05, 3.63) is 18.9 Å². The Morgan fingerprint density at radius 3 is 2.83 bits per heavy atom. The number of hydrogen-bond acceptors (Lipinski definition) is 7. The van der Waals surface area contributed by atoms with E-state index in [1.807, 2.05) is 0 Å². The number of hydrogen-bond donors (Lipinski definition) is 3. The lowest BCUT2D eigenvalue weighted by molar-refractivity contribution is -0.0511. The van der Waals surface area contributed by atoms with Gasteiger partial charge in [-0.25, -0.2) is 15.0 Å². The van der Waals surface area contributed by atoms with E-state index in [2.05, 4.69) is 15.0 Å². The van der Waals surface area contributed by atoms with Crippen LogP contribution >= 0.6 is 0 Å². The van der Waals surface area contributed by atoms with Crippen LogP contribution in [-0.4, -0.2) is 59.8 Å². The molecule has 96 valence electrons. The number of fused-ring (bicyclic) bond motifs is 1. The van der Waals surface area contributed by atoms with Crippen LogP contribution in [0.5, 0.6) is 0 Å². The van der Waals surface area contributed by atoms with Crippen molar-refractivity contribution in [3.8, 4) is 0 Å². The van der Waals surface area contributed by atoms with Crippen molar-refractivity contribution in [1.82, 2.24) is 19.5 Å². The van der Waals surface area contributed by atoms with Gasteiger partial charge in [0, 0.05) is 0 Å². The zero-order valence-electron chi connectivity index (χ0n) is 9.29. The van der Waals surface area contributed by atoms with Crippen LogP contribution in [0.4, 0.5) is 0 Å². The highest BCUT2D eigenvalue weighted by Gasteiger charge is 2.43. The third kappa shape index (κ3) is 1.58. The summed E-state index contributed by atoms with van der Waals surface area (Å²) in [4.78, 5) is 12.0. The molecule has 4 atom stereocenters. The van der Waals surface area contributed by atoms with Gasteiger partial charge >= 0.3 is 0 Å². The summed E-state index contributed by atoms with van der Waals surface area (Å²) >= 11 is 0. The average Bonchev–Trinajstić information content (AvgIpc) is 2.93. The molecule has 1 aliphatic heterocycles. The quantitative estimate of drug-likeness (QED) is 0.592. The van der Waals surface area contributed by atoms with Gasteiger partial charge in [-0.05, 0) is 0 Å². The minimum atomic E-state index is -1.14. The van der Waals surface area contributed by atoms with E-state index < -0.39 is 24.5 Å². The number of rotatable bonds is 2. The first-order valence-electron chi connectivity index (χ1n) is 5.47. The lowest BCUT2D eigenvalue weighted by Crippen LogP contribution is -2.33. The number of aliphatic hydroxyl groups is 3. The molecule has 18 heavy (non-hydrogen) atoms. The molecule has 2 aromatic heterocycles. The molecule has 8 nitrogen and oxygen atoms in total. The molecule has 0 radical (unpaired) electrons. The minimum absolute atomic E-state index is 0.365. The van der Waals surface area contributed by atoms with Gasteiger partial charge < -0.3 is 20.1 Å². The Hall–Kier alpha value is -1.61. The zero-order valence-corrected chi connectivity index (χ0v) is 9.29. The summed E-state index contributed by atoms with van der Waals surface area (Å²) in [5.74, 6) is 0. The number of imidazole rings is 1. The van der Waals surface area contributed by atoms with Crippen molar-refractivity contribution in [1.29, 1.82) is 0 Å². The van der Waals surface area contributed by atoms with Gasteiger partial charge in [0.05, 0.1) is 19.1 Å².